The van der Waals surface area contributed by atoms with Gasteiger partial charge in [0.1, 0.15) is 11.4 Å². The Morgan fingerprint density at radius 1 is 1.22 bits per heavy atom. The summed E-state index contributed by atoms with van der Waals surface area (Å²) >= 11 is 6.07. The lowest BCUT2D eigenvalue weighted by Gasteiger charge is -2.19. The molecule has 2 rings (SSSR count). The minimum Gasteiger partial charge on any atom is -0.456 e. The number of hydrogen-bond donors (Lipinski definition) is 1. The van der Waals surface area contributed by atoms with Crippen LogP contribution in [-0.4, -0.2) is 16.6 Å². The Kier molecular flexibility index (Phi) is 4.85. The van der Waals surface area contributed by atoms with E-state index in [0.29, 0.717) is 0 Å². The third-order valence-corrected chi connectivity index (χ3v) is 2.95. The maximum Gasteiger partial charge on any atom is 0.340 e. The van der Waals surface area contributed by atoms with Gasteiger partial charge in [0.25, 0.3) is 0 Å². The van der Waals surface area contributed by atoms with Crippen LogP contribution in [0.2, 0.25) is 5.02 Å². The average Bonchev–Trinajstić information content (AvgIpc) is 2.43. The first-order valence-corrected chi connectivity index (χ1v) is 7.14. The Balaban J connectivity index is 2.19. The van der Waals surface area contributed by atoms with Gasteiger partial charge in [-0.3, -0.25) is 0 Å². The number of esters is 1. The van der Waals surface area contributed by atoms with Crippen LogP contribution in [0.1, 0.15) is 31.1 Å². The van der Waals surface area contributed by atoms with Crippen molar-refractivity contribution in [3.8, 4) is 0 Å². The highest BCUT2D eigenvalue weighted by Crippen LogP contribution is 2.25. The van der Waals surface area contributed by atoms with Crippen LogP contribution in [0, 0.1) is 11.6 Å². The molecule has 1 N–H and O–H groups in total. The average molecular weight is 341 g/mol. The number of halogens is 3. The van der Waals surface area contributed by atoms with Gasteiger partial charge in [-0.25, -0.2) is 18.6 Å². The van der Waals surface area contributed by atoms with Crippen molar-refractivity contribution in [2.75, 3.05) is 5.32 Å². The number of nitrogens with one attached hydrogen (secondary N) is 1. The highest BCUT2D eigenvalue weighted by atomic mass is 35.5. The Morgan fingerprint density at radius 2 is 1.91 bits per heavy atom. The zero-order chi connectivity index (χ0) is 17.2. The quantitative estimate of drug-likeness (QED) is 0.822. The summed E-state index contributed by atoms with van der Waals surface area (Å²) in [5, 5.41) is 2.90. The SMILES string of the molecule is CC(C)(C)OC(=O)c1cnc(Nc2ccc(F)c(F)c2)c(Cl)c1. The van der Waals surface area contributed by atoms with Gasteiger partial charge in [-0.1, -0.05) is 11.6 Å². The van der Waals surface area contributed by atoms with E-state index in [0.717, 1.165) is 12.1 Å². The zero-order valence-electron chi connectivity index (χ0n) is 12.8. The Hall–Kier alpha value is -2.21. The first kappa shape index (κ1) is 17.1. The fraction of sp³-hybridized carbons (Fsp3) is 0.250. The molecule has 1 aromatic carbocycles. The standard InChI is InChI=1S/C16H15ClF2N2O2/c1-16(2,3)23-15(22)9-6-11(17)14(20-8-9)21-10-4-5-12(18)13(19)7-10/h4-8H,1-3H3,(H,20,21). The van der Waals surface area contributed by atoms with Gasteiger partial charge in [-0.15, -0.1) is 0 Å². The number of aromatic nitrogens is 1. The highest BCUT2D eigenvalue weighted by molar-refractivity contribution is 6.33. The maximum atomic E-state index is 13.2. The van der Waals surface area contributed by atoms with E-state index < -0.39 is 23.2 Å². The van der Waals surface area contributed by atoms with Crippen LogP contribution >= 0.6 is 11.6 Å². The number of carbonyl (C=O) groups excluding carboxylic acids is 1. The molecular weight excluding hydrogens is 326 g/mol. The fourth-order valence-electron chi connectivity index (χ4n) is 1.69. The summed E-state index contributed by atoms with van der Waals surface area (Å²) in [6, 6.07) is 4.71. The van der Waals surface area contributed by atoms with Gasteiger partial charge in [-0.05, 0) is 39.0 Å². The molecule has 1 heterocycles. The molecule has 23 heavy (non-hydrogen) atoms. The van der Waals surface area contributed by atoms with Crippen LogP contribution in [0.25, 0.3) is 0 Å². The molecule has 0 amide bonds. The second-order valence-corrected chi connectivity index (χ2v) is 6.22. The lowest BCUT2D eigenvalue weighted by molar-refractivity contribution is 0.00691. The molecule has 122 valence electrons. The van der Waals surface area contributed by atoms with Crippen molar-refractivity contribution in [3.63, 3.8) is 0 Å². The predicted molar refractivity (Wildman–Crippen MR) is 84.1 cm³/mol. The number of nitrogens with zero attached hydrogens (tertiary/aromatic N) is 1. The largest absolute Gasteiger partial charge is 0.456 e. The van der Waals surface area contributed by atoms with Crippen molar-refractivity contribution in [3.05, 3.63) is 52.7 Å². The van der Waals surface area contributed by atoms with Gasteiger partial charge in [0, 0.05) is 18.0 Å². The van der Waals surface area contributed by atoms with Crippen LogP contribution in [0.3, 0.4) is 0 Å². The van der Waals surface area contributed by atoms with E-state index in [-0.39, 0.29) is 22.1 Å². The van der Waals surface area contributed by atoms with Crippen LogP contribution in [0.5, 0.6) is 0 Å². The molecule has 0 aliphatic rings. The number of hydrogen-bond acceptors (Lipinski definition) is 4. The zero-order valence-corrected chi connectivity index (χ0v) is 13.5. The molecule has 2 aromatic rings. The molecule has 0 saturated carbocycles. The van der Waals surface area contributed by atoms with E-state index in [9.17, 15) is 13.6 Å². The topological polar surface area (TPSA) is 51.2 Å². The molecule has 1 aromatic heterocycles. The summed E-state index contributed by atoms with van der Waals surface area (Å²) in [5.41, 5.74) is -0.157. The summed E-state index contributed by atoms with van der Waals surface area (Å²) in [4.78, 5) is 15.9. The molecular formula is C16H15ClF2N2O2. The molecule has 0 radical (unpaired) electrons. The molecule has 0 atom stereocenters. The summed E-state index contributed by atoms with van der Waals surface area (Å²) in [6.45, 7) is 5.25. The summed E-state index contributed by atoms with van der Waals surface area (Å²) in [5.74, 6) is -2.28. The fourth-order valence-corrected chi connectivity index (χ4v) is 1.90. The van der Waals surface area contributed by atoms with Crippen LogP contribution in [0.4, 0.5) is 20.3 Å². The highest BCUT2D eigenvalue weighted by Gasteiger charge is 2.19. The van der Waals surface area contributed by atoms with Crippen LogP contribution < -0.4 is 5.32 Å². The Bertz CT molecular complexity index is 745. The molecule has 7 heteroatoms. The van der Waals surface area contributed by atoms with Crippen molar-refractivity contribution in [1.82, 2.24) is 4.98 Å². The van der Waals surface area contributed by atoms with E-state index in [1.54, 1.807) is 20.8 Å². The van der Waals surface area contributed by atoms with Crippen molar-refractivity contribution in [2.45, 2.75) is 26.4 Å². The van der Waals surface area contributed by atoms with Gasteiger partial charge in [0.2, 0.25) is 0 Å². The second kappa shape index (κ2) is 6.50. The molecule has 0 spiro atoms. The first-order chi connectivity index (χ1) is 10.7. The summed E-state index contributed by atoms with van der Waals surface area (Å²) in [6.07, 6.45) is 1.29. The first-order valence-electron chi connectivity index (χ1n) is 6.77. The van der Waals surface area contributed by atoms with Crippen LogP contribution in [-0.2, 0) is 4.74 Å². The van der Waals surface area contributed by atoms with Crippen molar-refractivity contribution in [2.24, 2.45) is 0 Å². The number of rotatable bonds is 3. The minimum absolute atomic E-state index is 0.151. The number of benzene rings is 1. The number of anilines is 2. The second-order valence-electron chi connectivity index (χ2n) is 5.81. The van der Waals surface area contributed by atoms with Gasteiger partial charge in [0.15, 0.2) is 11.6 Å². The molecule has 0 aliphatic carbocycles. The third kappa shape index (κ3) is 4.63. The molecule has 4 nitrogen and oxygen atoms in total. The number of ether oxygens (including phenoxy) is 1. The van der Waals surface area contributed by atoms with E-state index in [4.69, 9.17) is 16.3 Å². The van der Waals surface area contributed by atoms with Crippen molar-refractivity contribution >= 4 is 29.1 Å². The Morgan fingerprint density at radius 3 is 2.48 bits per heavy atom. The monoisotopic (exact) mass is 340 g/mol. The van der Waals surface area contributed by atoms with E-state index in [2.05, 4.69) is 10.3 Å². The lowest BCUT2D eigenvalue weighted by atomic mass is 10.2. The lowest BCUT2D eigenvalue weighted by Crippen LogP contribution is -2.24. The van der Waals surface area contributed by atoms with E-state index >= 15 is 0 Å². The van der Waals surface area contributed by atoms with E-state index in [1.165, 1.54) is 18.3 Å². The normalized spacial score (nSPS) is 11.2. The van der Waals surface area contributed by atoms with Gasteiger partial charge in [-0.2, -0.15) is 0 Å². The maximum absolute atomic E-state index is 13.2. The summed E-state index contributed by atoms with van der Waals surface area (Å²) in [7, 11) is 0. The predicted octanol–water partition coefficient (Wildman–Crippen LogP) is 4.71. The third-order valence-electron chi connectivity index (χ3n) is 2.66. The summed E-state index contributed by atoms with van der Waals surface area (Å²) < 4.78 is 31.3. The molecule has 0 saturated heterocycles. The van der Waals surface area contributed by atoms with E-state index in [1.807, 2.05) is 0 Å². The van der Waals surface area contributed by atoms with Crippen molar-refractivity contribution < 1.29 is 18.3 Å². The van der Waals surface area contributed by atoms with Gasteiger partial charge in [0.05, 0.1) is 10.6 Å². The van der Waals surface area contributed by atoms with Gasteiger partial charge >= 0.3 is 5.97 Å². The molecule has 0 fully saturated rings. The molecule has 0 aliphatic heterocycles. The van der Waals surface area contributed by atoms with Crippen molar-refractivity contribution in [1.29, 1.82) is 0 Å². The molecule has 0 unspecified atom stereocenters. The van der Waals surface area contributed by atoms with Crippen LogP contribution in [0.15, 0.2) is 30.5 Å². The minimum atomic E-state index is -0.989. The number of carbonyl (C=O) groups is 1. The molecule has 0 bridgehead atoms. The Labute approximate surface area is 137 Å². The smallest absolute Gasteiger partial charge is 0.340 e. The number of pyridine rings is 1. The van der Waals surface area contributed by atoms with Gasteiger partial charge < -0.3 is 10.1 Å².